The standard InChI is InChI=1S/C22H26FN5O4S/c1-2-5-15(6-3-4-13-33(31,32)18-9-7-17(23)8-10-18)20-16(11-12-24-20)14-19(29)21(30)22-25-27-28-26-22/h7-12,15,24H,2-6,13-14H2,1H3,(H,25,26,27,28). The number of hydrogen-bond acceptors (Lipinski definition) is 7. The molecule has 0 saturated heterocycles. The molecule has 0 fully saturated rings. The molecule has 0 aliphatic heterocycles. The molecule has 3 rings (SSSR count). The Kier molecular flexibility index (Phi) is 8.21. The van der Waals surface area contributed by atoms with E-state index in [4.69, 9.17) is 0 Å². The van der Waals surface area contributed by atoms with E-state index in [2.05, 4.69) is 32.5 Å². The van der Waals surface area contributed by atoms with Crippen LogP contribution in [-0.2, 0) is 21.1 Å². The van der Waals surface area contributed by atoms with Crippen molar-refractivity contribution in [3.05, 3.63) is 59.4 Å². The number of Topliss-reactive ketones (excluding diaryl/α,β-unsaturated/α-hetero) is 2. The van der Waals surface area contributed by atoms with E-state index < -0.39 is 27.2 Å². The third-order valence-corrected chi connectivity index (χ3v) is 7.27. The van der Waals surface area contributed by atoms with Gasteiger partial charge in [0, 0.05) is 18.3 Å². The first-order chi connectivity index (χ1) is 15.8. The molecule has 1 aromatic carbocycles. The Hall–Kier alpha value is -3.21. The van der Waals surface area contributed by atoms with Crippen molar-refractivity contribution in [2.75, 3.05) is 5.75 Å². The number of carbonyl (C=O) groups excluding carboxylic acids is 2. The van der Waals surface area contributed by atoms with Crippen molar-refractivity contribution >= 4 is 21.4 Å². The maximum Gasteiger partial charge on any atom is 0.269 e. The normalized spacial score (nSPS) is 12.5. The summed E-state index contributed by atoms with van der Waals surface area (Å²) in [4.78, 5) is 27.9. The molecule has 0 radical (unpaired) electrons. The second-order valence-corrected chi connectivity index (χ2v) is 9.94. The second kappa shape index (κ2) is 11.1. The molecular formula is C22H26FN5O4S. The summed E-state index contributed by atoms with van der Waals surface area (Å²) in [7, 11) is -3.47. The predicted octanol–water partition coefficient (Wildman–Crippen LogP) is 3.19. The van der Waals surface area contributed by atoms with Crippen molar-refractivity contribution in [2.24, 2.45) is 0 Å². The highest BCUT2D eigenvalue weighted by Gasteiger charge is 2.24. The summed E-state index contributed by atoms with van der Waals surface area (Å²) in [5.74, 6) is -2.08. The Morgan fingerprint density at radius 3 is 2.52 bits per heavy atom. The van der Waals surface area contributed by atoms with E-state index in [1.54, 1.807) is 12.3 Å². The van der Waals surface area contributed by atoms with Crippen LogP contribution < -0.4 is 0 Å². The summed E-state index contributed by atoms with van der Waals surface area (Å²) >= 11 is 0. The number of H-pyrrole nitrogens is 2. The molecule has 9 nitrogen and oxygen atoms in total. The largest absolute Gasteiger partial charge is 0.365 e. The SMILES string of the molecule is CCCC(CCCCS(=O)(=O)c1ccc(F)cc1)c1[nH]ccc1CC(=O)C(=O)c1nn[nH]n1. The monoisotopic (exact) mass is 475 g/mol. The summed E-state index contributed by atoms with van der Waals surface area (Å²) in [5, 5.41) is 12.6. The quantitative estimate of drug-likeness (QED) is 0.167. The Morgan fingerprint density at radius 2 is 1.85 bits per heavy atom. The van der Waals surface area contributed by atoms with Gasteiger partial charge in [-0.05, 0) is 66.3 Å². The Morgan fingerprint density at radius 1 is 1.09 bits per heavy atom. The van der Waals surface area contributed by atoms with Crippen LogP contribution in [0.25, 0.3) is 0 Å². The number of nitrogens with one attached hydrogen (secondary N) is 2. The average Bonchev–Trinajstić information content (AvgIpc) is 3.48. The first-order valence-electron chi connectivity index (χ1n) is 10.8. The minimum absolute atomic E-state index is 0.0211. The fourth-order valence-electron chi connectivity index (χ4n) is 3.81. The lowest BCUT2D eigenvalue weighted by Crippen LogP contribution is -2.19. The van der Waals surface area contributed by atoms with Gasteiger partial charge >= 0.3 is 0 Å². The highest BCUT2D eigenvalue weighted by Crippen LogP contribution is 2.29. The van der Waals surface area contributed by atoms with E-state index >= 15 is 0 Å². The van der Waals surface area contributed by atoms with Crippen molar-refractivity contribution < 1.29 is 22.4 Å². The number of halogens is 1. The van der Waals surface area contributed by atoms with Crippen LogP contribution in [-0.4, -0.2) is 51.3 Å². The van der Waals surface area contributed by atoms with Crippen molar-refractivity contribution in [1.82, 2.24) is 25.6 Å². The number of ketones is 2. The topological polar surface area (TPSA) is 139 Å². The molecule has 176 valence electrons. The number of carbonyl (C=O) groups is 2. The van der Waals surface area contributed by atoms with Gasteiger partial charge in [-0.1, -0.05) is 19.8 Å². The van der Waals surface area contributed by atoms with Crippen LogP contribution in [0.2, 0.25) is 0 Å². The molecule has 3 aromatic rings. The number of hydrogen-bond donors (Lipinski definition) is 2. The van der Waals surface area contributed by atoms with E-state index in [-0.39, 0.29) is 28.8 Å². The smallest absolute Gasteiger partial charge is 0.269 e. The first-order valence-corrected chi connectivity index (χ1v) is 12.4. The van der Waals surface area contributed by atoms with E-state index in [0.29, 0.717) is 12.8 Å². The molecule has 0 saturated carbocycles. The van der Waals surface area contributed by atoms with Gasteiger partial charge in [0.05, 0.1) is 10.6 Å². The third kappa shape index (κ3) is 6.41. The number of tetrazole rings is 1. The molecule has 0 aliphatic rings. The van der Waals surface area contributed by atoms with Gasteiger partial charge in [0.1, 0.15) is 5.82 Å². The Balaban J connectivity index is 1.59. The number of nitrogens with zero attached hydrogens (tertiary/aromatic N) is 3. The molecule has 2 heterocycles. The molecule has 11 heteroatoms. The van der Waals surface area contributed by atoms with Crippen molar-refractivity contribution in [3.8, 4) is 0 Å². The van der Waals surface area contributed by atoms with Crippen molar-refractivity contribution in [2.45, 2.75) is 56.3 Å². The molecule has 0 amide bonds. The van der Waals surface area contributed by atoms with Gasteiger partial charge in [0.15, 0.2) is 9.84 Å². The van der Waals surface area contributed by atoms with E-state index in [1.807, 2.05) is 0 Å². The summed E-state index contributed by atoms with van der Waals surface area (Å²) in [5.41, 5.74) is 1.61. The zero-order valence-electron chi connectivity index (χ0n) is 18.3. The lowest BCUT2D eigenvalue weighted by Gasteiger charge is -2.17. The number of rotatable bonds is 13. The lowest BCUT2D eigenvalue weighted by atomic mass is 9.90. The highest BCUT2D eigenvalue weighted by atomic mass is 32.2. The minimum atomic E-state index is -3.47. The number of aromatic nitrogens is 5. The van der Waals surface area contributed by atoms with Gasteiger partial charge < -0.3 is 4.98 Å². The van der Waals surface area contributed by atoms with Gasteiger partial charge in [-0.15, -0.1) is 10.2 Å². The van der Waals surface area contributed by atoms with E-state index in [0.717, 1.165) is 42.7 Å². The molecule has 0 bridgehead atoms. The number of sulfone groups is 1. The zero-order valence-corrected chi connectivity index (χ0v) is 19.1. The maximum absolute atomic E-state index is 13.1. The van der Waals surface area contributed by atoms with Crippen LogP contribution in [0.4, 0.5) is 4.39 Å². The molecule has 0 aliphatic carbocycles. The molecule has 2 aromatic heterocycles. The highest BCUT2D eigenvalue weighted by molar-refractivity contribution is 7.91. The number of benzene rings is 1. The van der Waals surface area contributed by atoms with Gasteiger partial charge in [-0.2, -0.15) is 5.21 Å². The van der Waals surface area contributed by atoms with Crippen molar-refractivity contribution in [3.63, 3.8) is 0 Å². The molecular weight excluding hydrogens is 449 g/mol. The molecule has 0 spiro atoms. The summed E-state index contributed by atoms with van der Waals surface area (Å²) in [6.45, 7) is 2.06. The Labute approximate surface area is 191 Å². The van der Waals surface area contributed by atoms with Gasteiger partial charge in [0.2, 0.25) is 11.6 Å². The minimum Gasteiger partial charge on any atom is -0.365 e. The zero-order chi connectivity index (χ0) is 23.8. The van der Waals surface area contributed by atoms with Gasteiger partial charge in [0.25, 0.3) is 5.78 Å². The number of unbranched alkanes of at least 4 members (excludes halogenated alkanes) is 1. The summed E-state index contributed by atoms with van der Waals surface area (Å²) in [6, 6.07) is 6.62. The average molecular weight is 476 g/mol. The van der Waals surface area contributed by atoms with Crippen LogP contribution in [0.3, 0.4) is 0 Å². The van der Waals surface area contributed by atoms with Crippen molar-refractivity contribution in [1.29, 1.82) is 0 Å². The lowest BCUT2D eigenvalue weighted by molar-refractivity contribution is -0.114. The van der Waals surface area contributed by atoms with E-state index in [1.165, 1.54) is 12.1 Å². The Bertz CT molecular complexity index is 1170. The van der Waals surface area contributed by atoms with Crippen LogP contribution in [0.15, 0.2) is 41.4 Å². The first kappa shape index (κ1) is 24.4. The second-order valence-electron chi connectivity index (χ2n) is 7.84. The molecule has 33 heavy (non-hydrogen) atoms. The fourth-order valence-corrected chi connectivity index (χ4v) is 5.18. The van der Waals surface area contributed by atoms with Gasteiger partial charge in [-0.3, -0.25) is 9.59 Å². The predicted molar refractivity (Wildman–Crippen MR) is 118 cm³/mol. The molecule has 2 N–H and O–H groups in total. The molecule has 1 atom stereocenters. The van der Waals surface area contributed by atoms with Crippen LogP contribution in [0.5, 0.6) is 0 Å². The van der Waals surface area contributed by atoms with Crippen LogP contribution in [0, 0.1) is 5.82 Å². The fraction of sp³-hybridized carbons (Fsp3) is 0.409. The third-order valence-electron chi connectivity index (χ3n) is 5.46. The van der Waals surface area contributed by atoms with Crippen LogP contribution in [0.1, 0.15) is 66.8 Å². The summed E-state index contributed by atoms with van der Waals surface area (Å²) in [6.07, 6.45) is 5.28. The van der Waals surface area contributed by atoms with Gasteiger partial charge in [-0.25, -0.2) is 12.8 Å². The molecule has 1 unspecified atom stereocenters. The van der Waals surface area contributed by atoms with E-state index in [9.17, 15) is 22.4 Å². The maximum atomic E-state index is 13.1. The number of aromatic amines is 2. The summed E-state index contributed by atoms with van der Waals surface area (Å²) < 4.78 is 38.0. The van der Waals surface area contributed by atoms with Crippen LogP contribution >= 0.6 is 0 Å².